The summed E-state index contributed by atoms with van der Waals surface area (Å²) in [5.74, 6) is -0.246. The average Bonchev–Trinajstić information content (AvgIpc) is 2.93. The van der Waals surface area contributed by atoms with Crippen LogP contribution in [0.4, 0.5) is 10.5 Å². The molecule has 0 atom stereocenters. The number of primary amides is 1. The fraction of sp³-hybridized carbons (Fsp3) is 0.200. The molecule has 3 rings (SSSR count). The SMILES string of the molecule is CCc1c(NC(N)=O)c2c(OOC(C)=O)cccc2n1Cc1ccccc1. The quantitative estimate of drug-likeness (QED) is 0.514. The molecule has 3 N–H and O–H groups in total. The first-order valence-corrected chi connectivity index (χ1v) is 8.60. The Morgan fingerprint density at radius 2 is 1.85 bits per heavy atom. The summed E-state index contributed by atoms with van der Waals surface area (Å²) < 4.78 is 2.09. The number of nitrogens with one attached hydrogen (secondary N) is 1. The standard InChI is InChI=1S/C20H21N3O4/c1-3-15-19(22-20(21)25)18-16(10-7-11-17(18)27-26-13(2)24)23(15)12-14-8-5-4-6-9-14/h4-11H,3,12H2,1-2H3,(H3,21,22,25). The fourth-order valence-corrected chi connectivity index (χ4v) is 3.17. The number of anilines is 1. The maximum Gasteiger partial charge on any atom is 0.352 e. The Morgan fingerprint density at radius 1 is 1.11 bits per heavy atom. The minimum atomic E-state index is -0.675. The summed E-state index contributed by atoms with van der Waals surface area (Å²) in [7, 11) is 0. The fourth-order valence-electron chi connectivity index (χ4n) is 3.17. The summed E-state index contributed by atoms with van der Waals surface area (Å²) in [6.07, 6.45) is 0.657. The Balaban J connectivity index is 2.20. The number of benzene rings is 2. The van der Waals surface area contributed by atoms with Crippen molar-refractivity contribution in [3.05, 3.63) is 59.8 Å². The summed E-state index contributed by atoms with van der Waals surface area (Å²) in [6, 6.07) is 14.7. The zero-order valence-corrected chi connectivity index (χ0v) is 15.2. The summed E-state index contributed by atoms with van der Waals surface area (Å²) in [6.45, 7) is 3.85. The second kappa shape index (κ2) is 7.82. The lowest BCUT2D eigenvalue weighted by molar-refractivity contribution is -0.210. The third-order valence-corrected chi connectivity index (χ3v) is 4.17. The summed E-state index contributed by atoms with van der Waals surface area (Å²) in [5.41, 5.74) is 8.79. The van der Waals surface area contributed by atoms with E-state index in [-0.39, 0.29) is 0 Å². The Labute approximate surface area is 156 Å². The predicted molar refractivity (Wildman–Crippen MR) is 102 cm³/mol. The van der Waals surface area contributed by atoms with Crippen LogP contribution < -0.4 is 15.9 Å². The number of fused-ring (bicyclic) bond motifs is 1. The second-order valence-electron chi connectivity index (χ2n) is 6.04. The van der Waals surface area contributed by atoms with E-state index >= 15 is 0 Å². The van der Waals surface area contributed by atoms with Gasteiger partial charge >= 0.3 is 12.0 Å². The van der Waals surface area contributed by atoms with E-state index in [1.54, 1.807) is 12.1 Å². The van der Waals surface area contributed by atoms with Crippen LogP contribution in [0.2, 0.25) is 0 Å². The summed E-state index contributed by atoms with van der Waals surface area (Å²) in [4.78, 5) is 32.7. The third kappa shape index (κ3) is 3.87. The van der Waals surface area contributed by atoms with Crippen LogP contribution in [0.5, 0.6) is 5.75 Å². The van der Waals surface area contributed by atoms with Gasteiger partial charge in [-0.1, -0.05) is 43.3 Å². The minimum Gasteiger partial charge on any atom is -0.351 e. The molecule has 0 saturated heterocycles. The lowest BCUT2D eigenvalue weighted by atomic mass is 10.2. The van der Waals surface area contributed by atoms with Gasteiger partial charge in [-0.25, -0.2) is 9.59 Å². The van der Waals surface area contributed by atoms with E-state index in [1.807, 2.05) is 43.3 Å². The smallest absolute Gasteiger partial charge is 0.351 e. The molecular weight excluding hydrogens is 346 g/mol. The van der Waals surface area contributed by atoms with E-state index in [0.29, 0.717) is 29.8 Å². The molecular formula is C20H21N3O4. The third-order valence-electron chi connectivity index (χ3n) is 4.17. The van der Waals surface area contributed by atoms with Crippen molar-refractivity contribution in [2.75, 3.05) is 5.32 Å². The van der Waals surface area contributed by atoms with E-state index in [1.165, 1.54) is 6.92 Å². The number of amides is 2. The van der Waals surface area contributed by atoms with E-state index < -0.39 is 12.0 Å². The van der Waals surface area contributed by atoms with E-state index in [0.717, 1.165) is 16.8 Å². The molecule has 3 aromatic rings. The van der Waals surface area contributed by atoms with Crippen LogP contribution in [0.25, 0.3) is 10.9 Å². The van der Waals surface area contributed by atoms with Gasteiger partial charge < -0.3 is 15.6 Å². The number of nitrogens with two attached hydrogens (primary N) is 1. The highest BCUT2D eigenvalue weighted by atomic mass is 17.2. The van der Waals surface area contributed by atoms with Crippen LogP contribution in [0, 0.1) is 0 Å². The van der Waals surface area contributed by atoms with Crippen molar-refractivity contribution in [2.24, 2.45) is 5.73 Å². The molecule has 1 heterocycles. The van der Waals surface area contributed by atoms with Crippen molar-refractivity contribution in [1.82, 2.24) is 4.57 Å². The van der Waals surface area contributed by atoms with Crippen molar-refractivity contribution in [2.45, 2.75) is 26.8 Å². The highest BCUT2D eigenvalue weighted by molar-refractivity contribution is 6.05. The van der Waals surface area contributed by atoms with Crippen LogP contribution in [-0.4, -0.2) is 16.6 Å². The molecule has 0 saturated carbocycles. The first-order valence-electron chi connectivity index (χ1n) is 8.60. The molecule has 1 aromatic heterocycles. The van der Waals surface area contributed by atoms with Gasteiger partial charge in [0.25, 0.3) is 0 Å². The number of hydrogen-bond donors (Lipinski definition) is 2. The lowest BCUT2D eigenvalue weighted by Crippen LogP contribution is -2.20. The molecule has 0 spiro atoms. The van der Waals surface area contributed by atoms with Crippen LogP contribution in [0.15, 0.2) is 48.5 Å². The van der Waals surface area contributed by atoms with Crippen LogP contribution in [0.3, 0.4) is 0 Å². The molecule has 0 bridgehead atoms. The lowest BCUT2D eigenvalue weighted by Gasteiger charge is -2.11. The number of rotatable bonds is 6. The minimum absolute atomic E-state index is 0.327. The molecule has 27 heavy (non-hydrogen) atoms. The molecule has 2 aromatic carbocycles. The van der Waals surface area contributed by atoms with Gasteiger partial charge in [0.15, 0.2) is 5.75 Å². The van der Waals surface area contributed by atoms with E-state index in [2.05, 4.69) is 9.88 Å². The zero-order chi connectivity index (χ0) is 19.4. The molecule has 0 radical (unpaired) electrons. The van der Waals surface area contributed by atoms with Gasteiger partial charge in [0, 0.05) is 19.2 Å². The predicted octanol–water partition coefficient (Wildman–Crippen LogP) is 3.60. The number of carbonyl (C=O) groups is 2. The normalized spacial score (nSPS) is 10.6. The average molecular weight is 367 g/mol. The summed E-state index contributed by atoms with van der Waals surface area (Å²) in [5, 5.41) is 3.33. The molecule has 7 heteroatoms. The molecule has 2 amide bonds. The van der Waals surface area contributed by atoms with Gasteiger partial charge in [-0.3, -0.25) is 9.78 Å². The second-order valence-corrected chi connectivity index (χ2v) is 6.04. The number of urea groups is 1. The van der Waals surface area contributed by atoms with Crippen molar-refractivity contribution in [3.8, 4) is 5.75 Å². The van der Waals surface area contributed by atoms with E-state index in [9.17, 15) is 9.59 Å². The molecule has 0 fully saturated rings. The molecule has 0 aliphatic rings. The first-order chi connectivity index (χ1) is 13.0. The van der Waals surface area contributed by atoms with Gasteiger partial charge in [-0.05, 0) is 24.1 Å². The molecule has 7 nitrogen and oxygen atoms in total. The number of aromatic nitrogens is 1. The van der Waals surface area contributed by atoms with Crippen LogP contribution in [-0.2, 0) is 22.6 Å². The van der Waals surface area contributed by atoms with Gasteiger partial charge in [0.1, 0.15) is 0 Å². The maximum absolute atomic E-state index is 11.6. The molecule has 0 aliphatic heterocycles. The van der Waals surface area contributed by atoms with E-state index in [4.69, 9.17) is 15.5 Å². The van der Waals surface area contributed by atoms with Gasteiger partial charge in [0.05, 0.1) is 16.6 Å². The van der Waals surface area contributed by atoms with Crippen LogP contribution >= 0.6 is 0 Å². The zero-order valence-electron chi connectivity index (χ0n) is 15.2. The Morgan fingerprint density at radius 3 is 2.48 bits per heavy atom. The van der Waals surface area contributed by atoms with Crippen LogP contribution in [0.1, 0.15) is 25.1 Å². The topological polar surface area (TPSA) is 95.6 Å². The Hall–Kier alpha value is -3.48. The largest absolute Gasteiger partial charge is 0.352 e. The van der Waals surface area contributed by atoms with Gasteiger partial charge in [0.2, 0.25) is 0 Å². The monoisotopic (exact) mass is 367 g/mol. The molecule has 140 valence electrons. The number of carbonyl (C=O) groups excluding carboxylic acids is 2. The maximum atomic E-state index is 11.6. The highest BCUT2D eigenvalue weighted by Gasteiger charge is 2.21. The van der Waals surface area contributed by atoms with Crippen molar-refractivity contribution in [3.63, 3.8) is 0 Å². The Kier molecular flexibility index (Phi) is 5.30. The summed E-state index contributed by atoms with van der Waals surface area (Å²) >= 11 is 0. The molecule has 0 unspecified atom stereocenters. The van der Waals surface area contributed by atoms with Crippen molar-refractivity contribution in [1.29, 1.82) is 0 Å². The van der Waals surface area contributed by atoms with Gasteiger partial charge in [-0.2, -0.15) is 0 Å². The number of nitrogens with zero attached hydrogens (tertiary/aromatic N) is 1. The first kappa shape index (κ1) is 18.3. The van der Waals surface area contributed by atoms with Crippen molar-refractivity contribution < 1.29 is 19.4 Å². The molecule has 0 aliphatic carbocycles. The Bertz CT molecular complexity index is 980. The number of hydrogen-bond acceptors (Lipinski definition) is 4. The highest BCUT2D eigenvalue weighted by Crippen LogP contribution is 2.38. The van der Waals surface area contributed by atoms with Crippen molar-refractivity contribution >= 4 is 28.6 Å². The van der Waals surface area contributed by atoms with Gasteiger partial charge in [-0.15, -0.1) is 0 Å².